The van der Waals surface area contributed by atoms with Crippen molar-refractivity contribution in [3.05, 3.63) is 24.0 Å². The minimum absolute atomic E-state index is 0.0253. The van der Waals surface area contributed by atoms with Crippen LogP contribution < -0.4 is 10.6 Å². The van der Waals surface area contributed by atoms with Crippen LogP contribution in [0.1, 0.15) is 24.8 Å². The van der Waals surface area contributed by atoms with Gasteiger partial charge in [0.1, 0.15) is 0 Å². The first kappa shape index (κ1) is 11.2. The van der Waals surface area contributed by atoms with Gasteiger partial charge in [-0.05, 0) is 30.9 Å². The highest BCUT2D eigenvalue weighted by Crippen LogP contribution is 2.07. The Morgan fingerprint density at radius 3 is 3.19 bits per heavy atom. The first-order valence-electron chi connectivity index (χ1n) is 5.87. The van der Waals surface area contributed by atoms with Crippen molar-refractivity contribution in [2.45, 2.75) is 31.8 Å². The Labute approximate surface area is 96.0 Å². The smallest absolute Gasteiger partial charge is 0.237 e. The molecule has 1 atom stereocenters. The molecule has 1 unspecified atom stereocenters. The van der Waals surface area contributed by atoms with Crippen LogP contribution >= 0.6 is 0 Å². The van der Waals surface area contributed by atoms with Gasteiger partial charge in [-0.3, -0.25) is 4.79 Å². The third-order valence-corrected chi connectivity index (χ3v) is 2.98. The molecule has 16 heavy (non-hydrogen) atoms. The van der Waals surface area contributed by atoms with E-state index in [9.17, 15) is 4.79 Å². The molecular weight excluding hydrogens is 202 g/mol. The highest BCUT2D eigenvalue weighted by molar-refractivity contribution is 5.81. The third-order valence-electron chi connectivity index (χ3n) is 2.98. The van der Waals surface area contributed by atoms with Gasteiger partial charge in [0.2, 0.25) is 5.91 Å². The monoisotopic (exact) mass is 221 g/mol. The van der Waals surface area contributed by atoms with E-state index in [1.807, 2.05) is 17.8 Å². The summed E-state index contributed by atoms with van der Waals surface area (Å²) < 4.78 is 2.02. The lowest BCUT2D eigenvalue weighted by Gasteiger charge is -2.14. The Balaban J connectivity index is 1.86. The van der Waals surface area contributed by atoms with Gasteiger partial charge in [-0.15, -0.1) is 0 Å². The molecule has 88 valence electrons. The van der Waals surface area contributed by atoms with Crippen LogP contribution in [0.15, 0.2) is 18.5 Å². The van der Waals surface area contributed by atoms with Crippen molar-refractivity contribution in [2.24, 2.45) is 7.05 Å². The van der Waals surface area contributed by atoms with E-state index in [1.165, 1.54) is 5.56 Å². The number of carbonyl (C=O) groups excluding carboxylic acids is 1. The van der Waals surface area contributed by atoms with Crippen LogP contribution in [0, 0.1) is 0 Å². The molecule has 0 aromatic carbocycles. The summed E-state index contributed by atoms with van der Waals surface area (Å²) in [5.41, 5.74) is 1.22. The lowest BCUT2D eigenvalue weighted by Crippen LogP contribution is -2.42. The second-order valence-electron chi connectivity index (χ2n) is 4.41. The topological polar surface area (TPSA) is 46.1 Å². The van der Waals surface area contributed by atoms with Crippen molar-refractivity contribution in [3.8, 4) is 0 Å². The summed E-state index contributed by atoms with van der Waals surface area (Å²) >= 11 is 0. The van der Waals surface area contributed by atoms with Gasteiger partial charge in [0.25, 0.3) is 0 Å². The molecule has 2 heterocycles. The van der Waals surface area contributed by atoms with Gasteiger partial charge in [-0.2, -0.15) is 0 Å². The van der Waals surface area contributed by atoms with Crippen LogP contribution in [0.4, 0.5) is 0 Å². The molecule has 0 aliphatic carbocycles. The summed E-state index contributed by atoms with van der Waals surface area (Å²) in [7, 11) is 2.00. The predicted octanol–water partition coefficient (Wildman–Crippen LogP) is 0.783. The van der Waals surface area contributed by atoms with E-state index in [0.717, 1.165) is 32.4 Å². The zero-order chi connectivity index (χ0) is 11.4. The Kier molecular flexibility index (Phi) is 3.62. The number of nitrogens with zero attached hydrogens (tertiary/aromatic N) is 1. The van der Waals surface area contributed by atoms with Gasteiger partial charge in [0.15, 0.2) is 0 Å². The van der Waals surface area contributed by atoms with Crippen molar-refractivity contribution in [2.75, 3.05) is 6.54 Å². The van der Waals surface area contributed by atoms with E-state index < -0.39 is 0 Å². The average molecular weight is 221 g/mol. The van der Waals surface area contributed by atoms with Crippen LogP contribution in [0.2, 0.25) is 0 Å². The van der Waals surface area contributed by atoms with E-state index in [2.05, 4.69) is 22.9 Å². The minimum atomic E-state index is -0.0253. The summed E-state index contributed by atoms with van der Waals surface area (Å²) in [4.78, 5) is 11.7. The van der Waals surface area contributed by atoms with Crippen molar-refractivity contribution in [1.29, 1.82) is 0 Å². The molecule has 0 radical (unpaired) electrons. The fourth-order valence-electron chi connectivity index (χ4n) is 2.04. The molecule has 1 aliphatic rings. The Bertz CT molecular complexity index is 359. The molecule has 1 aromatic rings. The number of aromatic nitrogens is 1. The standard InChI is InChI=1S/C12H19N3O/c1-15-7-5-10(9-15)8-14-11-4-2-3-6-13-12(11)16/h5,7,9,11,14H,2-4,6,8H2,1H3,(H,13,16). The predicted molar refractivity (Wildman–Crippen MR) is 62.9 cm³/mol. The van der Waals surface area contributed by atoms with Crippen molar-refractivity contribution in [3.63, 3.8) is 0 Å². The van der Waals surface area contributed by atoms with Crippen LogP contribution in [-0.2, 0) is 18.4 Å². The Hall–Kier alpha value is -1.29. The number of carbonyl (C=O) groups is 1. The lowest BCUT2D eigenvalue weighted by atomic mass is 10.1. The molecule has 0 bridgehead atoms. The number of nitrogens with one attached hydrogen (secondary N) is 2. The first-order chi connectivity index (χ1) is 7.75. The molecule has 1 amide bonds. The molecule has 1 aliphatic heterocycles. The molecule has 1 aromatic heterocycles. The lowest BCUT2D eigenvalue weighted by molar-refractivity contribution is -0.122. The molecule has 4 heteroatoms. The van der Waals surface area contributed by atoms with Gasteiger partial charge < -0.3 is 15.2 Å². The first-order valence-corrected chi connectivity index (χ1v) is 5.87. The van der Waals surface area contributed by atoms with Crippen LogP contribution in [0.3, 0.4) is 0 Å². The van der Waals surface area contributed by atoms with Gasteiger partial charge >= 0.3 is 0 Å². The average Bonchev–Trinajstić information content (AvgIpc) is 2.56. The normalized spacial score (nSPS) is 21.6. The number of hydrogen-bond acceptors (Lipinski definition) is 2. The molecular formula is C12H19N3O. The summed E-state index contributed by atoms with van der Waals surface area (Å²) in [6.45, 7) is 1.58. The highest BCUT2D eigenvalue weighted by Gasteiger charge is 2.19. The molecule has 0 spiro atoms. The zero-order valence-electron chi connectivity index (χ0n) is 9.70. The Morgan fingerprint density at radius 1 is 1.56 bits per heavy atom. The molecule has 2 N–H and O–H groups in total. The SMILES string of the molecule is Cn1ccc(CNC2CCCCNC2=O)c1. The van der Waals surface area contributed by atoms with Gasteiger partial charge in [-0.25, -0.2) is 0 Å². The molecule has 1 fully saturated rings. The van der Waals surface area contributed by atoms with Crippen molar-refractivity contribution < 1.29 is 4.79 Å². The maximum absolute atomic E-state index is 11.7. The van der Waals surface area contributed by atoms with Crippen LogP contribution in [0.5, 0.6) is 0 Å². The van der Waals surface area contributed by atoms with Crippen molar-refractivity contribution >= 4 is 5.91 Å². The fraction of sp³-hybridized carbons (Fsp3) is 0.583. The summed E-state index contributed by atoms with van der Waals surface area (Å²) in [5.74, 6) is 0.147. The van der Waals surface area contributed by atoms with Crippen LogP contribution in [-0.4, -0.2) is 23.1 Å². The minimum Gasteiger partial charge on any atom is -0.357 e. The number of rotatable bonds is 3. The van der Waals surface area contributed by atoms with E-state index in [4.69, 9.17) is 0 Å². The second-order valence-corrected chi connectivity index (χ2v) is 4.41. The maximum Gasteiger partial charge on any atom is 0.237 e. The number of aryl methyl sites for hydroxylation is 1. The fourth-order valence-corrected chi connectivity index (χ4v) is 2.04. The quantitative estimate of drug-likeness (QED) is 0.792. The zero-order valence-corrected chi connectivity index (χ0v) is 9.70. The largest absolute Gasteiger partial charge is 0.357 e. The second kappa shape index (κ2) is 5.16. The molecule has 2 rings (SSSR count). The van der Waals surface area contributed by atoms with Gasteiger partial charge in [0.05, 0.1) is 6.04 Å². The number of amides is 1. The molecule has 0 saturated carbocycles. The number of hydrogen-bond donors (Lipinski definition) is 2. The van der Waals surface area contributed by atoms with Gasteiger partial charge in [-0.1, -0.05) is 0 Å². The van der Waals surface area contributed by atoms with E-state index in [0.29, 0.717) is 0 Å². The van der Waals surface area contributed by atoms with Crippen LogP contribution in [0.25, 0.3) is 0 Å². The highest BCUT2D eigenvalue weighted by atomic mass is 16.2. The van der Waals surface area contributed by atoms with E-state index in [1.54, 1.807) is 0 Å². The summed E-state index contributed by atoms with van der Waals surface area (Å²) in [6, 6.07) is 2.05. The van der Waals surface area contributed by atoms with Crippen molar-refractivity contribution in [1.82, 2.24) is 15.2 Å². The van der Waals surface area contributed by atoms with Gasteiger partial charge in [0, 0.05) is 32.5 Å². The summed E-state index contributed by atoms with van der Waals surface area (Å²) in [5, 5.41) is 6.25. The molecule has 1 saturated heterocycles. The Morgan fingerprint density at radius 2 is 2.44 bits per heavy atom. The van der Waals surface area contributed by atoms with E-state index in [-0.39, 0.29) is 11.9 Å². The summed E-state index contributed by atoms with van der Waals surface area (Å²) in [6.07, 6.45) is 7.24. The third kappa shape index (κ3) is 2.85. The molecule has 4 nitrogen and oxygen atoms in total. The van der Waals surface area contributed by atoms with E-state index >= 15 is 0 Å². The maximum atomic E-state index is 11.7.